The fourth-order valence-corrected chi connectivity index (χ4v) is 3.32. The van der Waals surface area contributed by atoms with Crippen LogP contribution in [0.2, 0.25) is 10.0 Å². The average Bonchev–Trinajstić information content (AvgIpc) is 3.17. The van der Waals surface area contributed by atoms with Crippen LogP contribution in [0.5, 0.6) is 0 Å². The zero-order chi connectivity index (χ0) is 20.1. The van der Waals surface area contributed by atoms with E-state index in [4.69, 9.17) is 27.9 Å². The molecule has 0 saturated carbocycles. The van der Waals surface area contributed by atoms with Gasteiger partial charge in [-0.25, -0.2) is 4.68 Å². The van der Waals surface area contributed by atoms with Crippen molar-refractivity contribution in [2.24, 2.45) is 0 Å². The van der Waals surface area contributed by atoms with Crippen molar-refractivity contribution in [3.05, 3.63) is 76.0 Å². The summed E-state index contributed by atoms with van der Waals surface area (Å²) in [5.41, 5.74) is 2.01. The summed E-state index contributed by atoms with van der Waals surface area (Å²) in [6.07, 6.45) is 1.61. The summed E-state index contributed by atoms with van der Waals surface area (Å²) in [6, 6.07) is 14.4. The Balaban J connectivity index is 2.10. The minimum Gasteiger partial charge on any atom is -0.455 e. The molecule has 0 bridgehead atoms. The zero-order valence-corrected chi connectivity index (χ0v) is 16.5. The average molecular weight is 418 g/mol. The fourth-order valence-electron chi connectivity index (χ4n) is 3.02. The molecule has 3 aromatic rings. The topological polar surface area (TPSA) is 74.1 Å². The van der Waals surface area contributed by atoms with Crippen molar-refractivity contribution in [1.29, 1.82) is 0 Å². The Morgan fingerprint density at radius 2 is 1.93 bits per heavy atom. The summed E-state index contributed by atoms with van der Waals surface area (Å²) in [5.74, 6) is -0.973. The van der Waals surface area contributed by atoms with E-state index in [0.717, 1.165) is 12.0 Å². The SMILES string of the molecule is CC(=O)OC(c1cnnn1-c1ccccc1)C(CC=O)c1ccc(Cl)c(Cl)c1. The number of hydrogen-bond donors (Lipinski definition) is 0. The van der Waals surface area contributed by atoms with Gasteiger partial charge in [0.1, 0.15) is 12.0 Å². The molecule has 0 spiro atoms. The molecule has 0 radical (unpaired) electrons. The van der Waals surface area contributed by atoms with Gasteiger partial charge in [0.15, 0.2) is 6.10 Å². The standard InChI is InChI=1S/C20H17Cl2N3O3/c1-13(27)28-20(16(9-10-26)14-7-8-17(21)18(22)11-14)19-12-23-24-25(19)15-5-3-2-4-6-15/h2-8,10-12,16,20H,9H2,1H3. The Morgan fingerprint density at radius 3 is 2.57 bits per heavy atom. The highest BCUT2D eigenvalue weighted by Crippen LogP contribution is 2.38. The quantitative estimate of drug-likeness (QED) is 0.416. The second kappa shape index (κ2) is 8.99. The molecule has 0 aliphatic rings. The Labute approximate surface area is 172 Å². The maximum atomic E-state index is 11.9. The van der Waals surface area contributed by atoms with Gasteiger partial charge in [0, 0.05) is 19.3 Å². The van der Waals surface area contributed by atoms with E-state index in [0.29, 0.717) is 21.3 Å². The molecule has 28 heavy (non-hydrogen) atoms. The van der Waals surface area contributed by atoms with Gasteiger partial charge in [0.25, 0.3) is 0 Å². The van der Waals surface area contributed by atoms with E-state index in [9.17, 15) is 9.59 Å². The number of halogens is 2. The lowest BCUT2D eigenvalue weighted by atomic mass is 9.89. The Kier molecular flexibility index (Phi) is 6.44. The molecule has 0 fully saturated rings. The van der Waals surface area contributed by atoms with Crippen molar-refractivity contribution >= 4 is 35.5 Å². The molecule has 1 aromatic heterocycles. The third kappa shape index (κ3) is 4.40. The third-order valence-corrected chi connectivity index (χ3v) is 4.99. The van der Waals surface area contributed by atoms with Gasteiger partial charge in [-0.1, -0.05) is 52.7 Å². The van der Waals surface area contributed by atoms with Crippen LogP contribution in [0.1, 0.15) is 36.6 Å². The van der Waals surface area contributed by atoms with Crippen molar-refractivity contribution in [2.75, 3.05) is 0 Å². The van der Waals surface area contributed by atoms with E-state index < -0.39 is 18.0 Å². The number of hydrogen-bond acceptors (Lipinski definition) is 5. The molecular weight excluding hydrogens is 401 g/mol. The van der Waals surface area contributed by atoms with Crippen molar-refractivity contribution in [3.63, 3.8) is 0 Å². The first kappa shape index (κ1) is 20.0. The molecule has 144 valence electrons. The van der Waals surface area contributed by atoms with Crippen LogP contribution in [0.3, 0.4) is 0 Å². The number of nitrogens with zero attached hydrogens (tertiary/aromatic N) is 3. The Morgan fingerprint density at radius 1 is 1.18 bits per heavy atom. The van der Waals surface area contributed by atoms with Crippen molar-refractivity contribution in [2.45, 2.75) is 25.4 Å². The van der Waals surface area contributed by atoms with Gasteiger partial charge >= 0.3 is 5.97 Å². The highest BCUT2D eigenvalue weighted by Gasteiger charge is 2.31. The normalized spacial score (nSPS) is 13.0. The van der Waals surface area contributed by atoms with E-state index in [-0.39, 0.29) is 6.42 Å². The number of carbonyl (C=O) groups excluding carboxylic acids is 2. The summed E-state index contributed by atoms with van der Waals surface area (Å²) in [5, 5.41) is 8.85. The first-order valence-corrected chi connectivity index (χ1v) is 9.28. The lowest BCUT2D eigenvalue weighted by molar-refractivity contribution is -0.148. The van der Waals surface area contributed by atoms with Crippen LogP contribution in [-0.2, 0) is 14.3 Å². The van der Waals surface area contributed by atoms with Crippen molar-refractivity contribution < 1.29 is 14.3 Å². The Bertz CT molecular complexity index is 976. The van der Waals surface area contributed by atoms with Crippen LogP contribution in [0, 0.1) is 0 Å². The van der Waals surface area contributed by atoms with Crippen LogP contribution in [0.25, 0.3) is 5.69 Å². The zero-order valence-electron chi connectivity index (χ0n) is 15.0. The highest BCUT2D eigenvalue weighted by atomic mass is 35.5. The minimum absolute atomic E-state index is 0.107. The largest absolute Gasteiger partial charge is 0.455 e. The summed E-state index contributed by atoms with van der Waals surface area (Å²) in [7, 11) is 0. The number of benzene rings is 2. The van der Waals surface area contributed by atoms with Crippen LogP contribution in [-0.4, -0.2) is 27.2 Å². The van der Waals surface area contributed by atoms with Gasteiger partial charge in [0.2, 0.25) is 0 Å². The van der Waals surface area contributed by atoms with E-state index in [1.165, 1.54) is 13.1 Å². The molecule has 0 aliphatic heterocycles. The van der Waals surface area contributed by atoms with Gasteiger partial charge < -0.3 is 9.53 Å². The van der Waals surface area contributed by atoms with E-state index in [2.05, 4.69) is 10.3 Å². The predicted octanol–water partition coefficient (Wildman–Crippen LogP) is 4.55. The van der Waals surface area contributed by atoms with Gasteiger partial charge in [-0.3, -0.25) is 4.79 Å². The van der Waals surface area contributed by atoms with E-state index >= 15 is 0 Å². The molecule has 0 saturated heterocycles. The second-order valence-corrected chi connectivity index (χ2v) is 6.93. The molecule has 2 atom stereocenters. The minimum atomic E-state index is -0.796. The third-order valence-electron chi connectivity index (χ3n) is 4.25. The Hall–Kier alpha value is -2.70. The molecule has 2 aromatic carbocycles. The maximum Gasteiger partial charge on any atom is 0.303 e. The number of rotatable bonds is 7. The molecular formula is C20H17Cl2N3O3. The van der Waals surface area contributed by atoms with E-state index in [1.807, 2.05) is 30.3 Å². The lowest BCUT2D eigenvalue weighted by Gasteiger charge is -2.26. The van der Waals surface area contributed by atoms with Gasteiger partial charge in [0.05, 0.1) is 21.9 Å². The number of aromatic nitrogens is 3. The molecule has 2 unspecified atom stereocenters. The van der Waals surface area contributed by atoms with Crippen molar-refractivity contribution in [1.82, 2.24) is 15.0 Å². The first-order valence-electron chi connectivity index (χ1n) is 8.53. The number of aldehydes is 1. The number of ether oxygens (including phenoxy) is 1. The highest BCUT2D eigenvalue weighted by molar-refractivity contribution is 6.42. The summed E-state index contributed by atoms with van der Waals surface area (Å²) >= 11 is 12.2. The molecule has 0 amide bonds. The van der Waals surface area contributed by atoms with Gasteiger partial charge in [-0.2, -0.15) is 0 Å². The van der Waals surface area contributed by atoms with Crippen LogP contribution in [0.4, 0.5) is 0 Å². The number of esters is 1. The van der Waals surface area contributed by atoms with Crippen LogP contribution in [0.15, 0.2) is 54.7 Å². The van der Waals surface area contributed by atoms with Crippen molar-refractivity contribution in [3.8, 4) is 5.69 Å². The van der Waals surface area contributed by atoms with Gasteiger partial charge in [-0.05, 0) is 29.8 Å². The molecule has 0 N–H and O–H groups in total. The van der Waals surface area contributed by atoms with Crippen LogP contribution >= 0.6 is 23.2 Å². The summed E-state index contributed by atoms with van der Waals surface area (Å²) in [6.45, 7) is 1.32. The second-order valence-electron chi connectivity index (χ2n) is 6.12. The summed E-state index contributed by atoms with van der Waals surface area (Å²) < 4.78 is 7.21. The smallest absolute Gasteiger partial charge is 0.303 e. The monoisotopic (exact) mass is 417 g/mol. The molecule has 6 nitrogen and oxygen atoms in total. The molecule has 0 aliphatic carbocycles. The van der Waals surface area contributed by atoms with E-state index in [1.54, 1.807) is 22.9 Å². The molecule has 8 heteroatoms. The lowest BCUT2D eigenvalue weighted by Crippen LogP contribution is -2.21. The molecule has 1 heterocycles. The first-order chi connectivity index (χ1) is 13.5. The molecule has 3 rings (SSSR count). The fraction of sp³-hybridized carbons (Fsp3) is 0.200. The number of carbonyl (C=O) groups is 2. The van der Waals surface area contributed by atoms with Crippen LogP contribution < -0.4 is 0 Å². The number of para-hydroxylation sites is 1. The maximum absolute atomic E-state index is 11.9. The summed E-state index contributed by atoms with van der Waals surface area (Å²) in [4.78, 5) is 23.3. The predicted molar refractivity (Wildman–Crippen MR) is 106 cm³/mol. The van der Waals surface area contributed by atoms with Gasteiger partial charge in [-0.15, -0.1) is 5.10 Å².